The lowest BCUT2D eigenvalue weighted by atomic mass is 9.92. The first-order valence-corrected chi connectivity index (χ1v) is 7.35. The van der Waals surface area contributed by atoms with Crippen molar-refractivity contribution in [3.05, 3.63) is 16.6 Å². The van der Waals surface area contributed by atoms with Gasteiger partial charge in [-0.3, -0.25) is 4.90 Å². The molecule has 0 saturated heterocycles. The molecule has 4 heteroatoms. The van der Waals surface area contributed by atoms with E-state index in [4.69, 9.17) is 5.73 Å². The zero-order chi connectivity index (χ0) is 12.7. The number of hydrogen-bond donors (Lipinski definition) is 1. The molecule has 0 aromatic carbocycles. The monoisotopic (exact) mass is 255 g/mol. The van der Waals surface area contributed by atoms with Gasteiger partial charge in [-0.25, -0.2) is 4.98 Å². The van der Waals surface area contributed by atoms with Crippen LogP contribution in [0.15, 0.2) is 10.9 Å². The summed E-state index contributed by atoms with van der Waals surface area (Å²) in [5.41, 5.74) is 9.09. The van der Waals surface area contributed by atoms with Gasteiger partial charge in [-0.05, 0) is 20.4 Å². The van der Waals surface area contributed by atoms with Crippen molar-refractivity contribution < 1.29 is 0 Å². The lowest BCUT2D eigenvalue weighted by Gasteiger charge is -2.38. The van der Waals surface area contributed by atoms with Crippen molar-refractivity contribution in [2.75, 3.05) is 13.6 Å². The van der Waals surface area contributed by atoms with Gasteiger partial charge in [0.05, 0.1) is 11.2 Å². The van der Waals surface area contributed by atoms with Crippen LogP contribution in [0.1, 0.15) is 45.2 Å². The molecule has 1 heterocycles. The van der Waals surface area contributed by atoms with E-state index in [1.54, 1.807) is 11.3 Å². The van der Waals surface area contributed by atoms with E-state index < -0.39 is 0 Å². The molecule has 1 aromatic heterocycles. The summed E-state index contributed by atoms with van der Waals surface area (Å²) in [6, 6.07) is 0. The molecule has 2 N–H and O–H groups in total. The highest BCUT2D eigenvalue weighted by atomic mass is 32.1. The Bertz CT molecular complexity index is 300. The molecule has 17 heavy (non-hydrogen) atoms. The van der Waals surface area contributed by atoms with Crippen molar-refractivity contribution in [2.45, 2.75) is 51.6 Å². The molecule has 3 nitrogen and oxygen atoms in total. The van der Waals surface area contributed by atoms with E-state index in [2.05, 4.69) is 36.2 Å². The van der Waals surface area contributed by atoms with Crippen LogP contribution in [0.5, 0.6) is 0 Å². The van der Waals surface area contributed by atoms with E-state index in [9.17, 15) is 0 Å². The zero-order valence-electron chi connectivity index (χ0n) is 11.3. The second-order valence-corrected chi connectivity index (χ2v) is 5.71. The molecule has 0 aliphatic rings. The maximum Gasteiger partial charge on any atom is 0.0795 e. The Labute approximate surface area is 109 Å². The summed E-state index contributed by atoms with van der Waals surface area (Å²) in [4.78, 5) is 6.68. The number of likely N-dealkylation sites (N-methyl/N-ethyl adjacent to an activating group) is 1. The topological polar surface area (TPSA) is 42.1 Å². The van der Waals surface area contributed by atoms with E-state index in [0.717, 1.165) is 18.7 Å². The Kier molecular flexibility index (Phi) is 6.09. The molecule has 0 saturated carbocycles. The lowest BCUT2D eigenvalue weighted by molar-refractivity contribution is 0.121. The first-order chi connectivity index (χ1) is 8.12. The van der Waals surface area contributed by atoms with Gasteiger partial charge in [0.1, 0.15) is 0 Å². The molecule has 1 rings (SSSR count). The number of nitrogens with zero attached hydrogens (tertiary/aromatic N) is 2. The summed E-state index contributed by atoms with van der Waals surface area (Å²) in [6.07, 6.45) is 4.97. The first-order valence-electron chi connectivity index (χ1n) is 6.40. The van der Waals surface area contributed by atoms with Crippen molar-refractivity contribution in [1.29, 1.82) is 0 Å². The number of nitrogens with two attached hydrogens (primary N) is 1. The summed E-state index contributed by atoms with van der Waals surface area (Å²) < 4.78 is 0. The fraction of sp³-hybridized carbons (Fsp3) is 0.769. The van der Waals surface area contributed by atoms with Gasteiger partial charge in [0.15, 0.2) is 0 Å². The van der Waals surface area contributed by atoms with Crippen molar-refractivity contribution in [3.8, 4) is 0 Å². The van der Waals surface area contributed by atoms with Crippen molar-refractivity contribution in [3.63, 3.8) is 0 Å². The molecule has 0 aliphatic heterocycles. The summed E-state index contributed by atoms with van der Waals surface area (Å²) in [7, 11) is 2.15. The minimum Gasteiger partial charge on any atom is -0.329 e. The predicted molar refractivity (Wildman–Crippen MR) is 75.2 cm³/mol. The molecular weight excluding hydrogens is 230 g/mol. The zero-order valence-corrected chi connectivity index (χ0v) is 12.1. The maximum atomic E-state index is 5.96. The molecule has 1 unspecified atom stereocenters. The fourth-order valence-electron chi connectivity index (χ4n) is 1.95. The maximum absolute atomic E-state index is 5.96. The quantitative estimate of drug-likeness (QED) is 0.726. The van der Waals surface area contributed by atoms with Gasteiger partial charge in [0.2, 0.25) is 0 Å². The Balaban J connectivity index is 2.52. The highest BCUT2D eigenvalue weighted by Crippen LogP contribution is 2.22. The second kappa shape index (κ2) is 7.09. The third-order valence-corrected chi connectivity index (χ3v) is 4.20. The Morgan fingerprint density at radius 2 is 2.24 bits per heavy atom. The molecule has 0 fully saturated rings. The van der Waals surface area contributed by atoms with Gasteiger partial charge in [-0.2, -0.15) is 0 Å². The minimum atomic E-state index is 0.0960. The first kappa shape index (κ1) is 14.6. The normalized spacial score (nSPS) is 15.1. The Morgan fingerprint density at radius 1 is 1.47 bits per heavy atom. The molecule has 0 radical (unpaired) electrons. The van der Waals surface area contributed by atoms with Gasteiger partial charge >= 0.3 is 0 Å². The fourth-order valence-corrected chi connectivity index (χ4v) is 2.50. The predicted octanol–water partition coefficient (Wildman–Crippen LogP) is 2.87. The molecule has 0 aliphatic carbocycles. The average Bonchev–Trinajstić information content (AvgIpc) is 2.82. The van der Waals surface area contributed by atoms with Crippen LogP contribution < -0.4 is 5.73 Å². The molecule has 0 amide bonds. The molecule has 1 aromatic rings. The third-order valence-electron chi connectivity index (χ3n) is 3.56. The number of hydrogen-bond acceptors (Lipinski definition) is 4. The third kappa shape index (κ3) is 4.37. The number of unbranched alkanes of at least 4 members (excludes halogenated alkanes) is 2. The molecule has 0 bridgehead atoms. The number of aromatic nitrogens is 1. The summed E-state index contributed by atoms with van der Waals surface area (Å²) in [5, 5.41) is 2.11. The molecule has 98 valence electrons. The van der Waals surface area contributed by atoms with Crippen LogP contribution in [-0.4, -0.2) is 29.0 Å². The van der Waals surface area contributed by atoms with Crippen LogP contribution in [-0.2, 0) is 6.54 Å². The van der Waals surface area contributed by atoms with Crippen LogP contribution in [0, 0.1) is 0 Å². The van der Waals surface area contributed by atoms with Crippen LogP contribution >= 0.6 is 11.3 Å². The second-order valence-electron chi connectivity index (χ2n) is 4.99. The summed E-state index contributed by atoms with van der Waals surface area (Å²) in [6.45, 7) is 6.09. The summed E-state index contributed by atoms with van der Waals surface area (Å²) >= 11 is 1.65. The van der Waals surface area contributed by atoms with E-state index in [0.29, 0.717) is 6.54 Å². The van der Waals surface area contributed by atoms with Crippen molar-refractivity contribution in [2.24, 2.45) is 5.73 Å². The van der Waals surface area contributed by atoms with Crippen molar-refractivity contribution in [1.82, 2.24) is 9.88 Å². The lowest BCUT2D eigenvalue weighted by Crippen LogP contribution is -2.49. The SMILES string of the molecule is CCCCCC(C)(CN)N(C)Cc1cscn1. The molecule has 0 spiro atoms. The van der Waals surface area contributed by atoms with Crippen LogP contribution in [0.25, 0.3) is 0 Å². The van der Waals surface area contributed by atoms with Crippen molar-refractivity contribution >= 4 is 11.3 Å². The average molecular weight is 255 g/mol. The van der Waals surface area contributed by atoms with Gasteiger partial charge in [0, 0.05) is 24.0 Å². The Hall–Kier alpha value is -0.450. The van der Waals surface area contributed by atoms with Gasteiger partial charge < -0.3 is 5.73 Å². The highest BCUT2D eigenvalue weighted by molar-refractivity contribution is 7.07. The van der Waals surface area contributed by atoms with E-state index in [1.807, 2.05) is 5.51 Å². The Morgan fingerprint density at radius 3 is 2.76 bits per heavy atom. The van der Waals surface area contributed by atoms with Gasteiger partial charge in [-0.1, -0.05) is 26.2 Å². The largest absolute Gasteiger partial charge is 0.329 e. The van der Waals surface area contributed by atoms with Gasteiger partial charge in [0.25, 0.3) is 0 Å². The van der Waals surface area contributed by atoms with Crippen LogP contribution in [0.2, 0.25) is 0 Å². The van der Waals surface area contributed by atoms with Crippen LogP contribution in [0.4, 0.5) is 0 Å². The number of rotatable bonds is 8. The van der Waals surface area contributed by atoms with E-state index >= 15 is 0 Å². The molecular formula is C13H25N3S. The highest BCUT2D eigenvalue weighted by Gasteiger charge is 2.27. The van der Waals surface area contributed by atoms with E-state index in [1.165, 1.54) is 19.3 Å². The number of thiazole rings is 1. The molecule has 1 atom stereocenters. The van der Waals surface area contributed by atoms with Gasteiger partial charge in [-0.15, -0.1) is 11.3 Å². The van der Waals surface area contributed by atoms with Crippen LogP contribution in [0.3, 0.4) is 0 Å². The smallest absolute Gasteiger partial charge is 0.0795 e. The van der Waals surface area contributed by atoms with E-state index in [-0.39, 0.29) is 5.54 Å². The summed E-state index contributed by atoms with van der Waals surface area (Å²) in [5.74, 6) is 0. The minimum absolute atomic E-state index is 0.0960. The standard InChI is InChI=1S/C13H25N3S/c1-4-5-6-7-13(2,10-14)16(3)8-12-9-17-11-15-12/h9,11H,4-8,10,14H2,1-3H3.